The lowest BCUT2D eigenvalue weighted by Gasteiger charge is -2.18. The zero-order valence-corrected chi connectivity index (χ0v) is 33.5. The zero-order chi connectivity index (χ0) is 38.0. The minimum Gasteiger partial charge on any atom is -0.462 e. The van der Waals surface area contributed by atoms with Gasteiger partial charge in [-0.05, 0) is 70.6 Å². The Bertz CT molecular complexity index is 1020. The van der Waals surface area contributed by atoms with Crippen molar-refractivity contribution in [2.75, 3.05) is 13.2 Å². The number of ether oxygens (including phenoxy) is 3. The third kappa shape index (κ3) is 38.1. The molecule has 1 atom stereocenters. The van der Waals surface area contributed by atoms with E-state index in [4.69, 9.17) is 14.2 Å². The van der Waals surface area contributed by atoms with Crippen LogP contribution in [-0.4, -0.2) is 37.2 Å². The Morgan fingerprint density at radius 3 is 1.37 bits per heavy atom. The predicted molar refractivity (Wildman–Crippen MR) is 219 cm³/mol. The van der Waals surface area contributed by atoms with Crippen molar-refractivity contribution in [3.63, 3.8) is 0 Å². The molecule has 52 heavy (non-hydrogen) atoms. The van der Waals surface area contributed by atoms with Gasteiger partial charge in [-0.25, -0.2) is 0 Å². The van der Waals surface area contributed by atoms with E-state index < -0.39 is 6.10 Å². The molecule has 0 saturated heterocycles. The summed E-state index contributed by atoms with van der Waals surface area (Å²) in [4.78, 5) is 37.5. The van der Waals surface area contributed by atoms with Gasteiger partial charge in [-0.3, -0.25) is 14.4 Å². The van der Waals surface area contributed by atoms with E-state index in [0.717, 1.165) is 96.3 Å². The molecule has 0 aromatic rings. The van der Waals surface area contributed by atoms with E-state index in [1.54, 1.807) is 0 Å². The second kappa shape index (κ2) is 40.6. The number of hydrogen-bond donors (Lipinski definition) is 0. The highest BCUT2D eigenvalue weighted by Gasteiger charge is 2.19. The summed E-state index contributed by atoms with van der Waals surface area (Å²) in [6, 6.07) is 0. The largest absolute Gasteiger partial charge is 0.462 e. The van der Waals surface area contributed by atoms with E-state index in [-0.39, 0.29) is 37.5 Å². The Balaban J connectivity index is 4.50. The average molecular weight is 725 g/mol. The Kier molecular flexibility index (Phi) is 38.2. The molecule has 0 aromatic heterocycles. The van der Waals surface area contributed by atoms with Crippen LogP contribution in [0.3, 0.4) is 0 Å². The maximum absolute atomic E-state index is 12.7. The summed E-state index contributed by atoms with van der Waals surface area (Å²) < 4.78 is 16.5. The third-order valence-corrected chi connectivity index (χ3v) is 8.44. The van der Waals surface area contributed by atoms with E-state index in [9.17, 15) is 14.4 Å². The van der Waals surface area contributed by atoms with Crippen molar-refractivity contribution in [3.05, 3.63) is 72.9 Å². The molecule has 6 nitrogen and oxygen atoms in total. The van der Waals surface area contributed by atoms with Crippen LogP contribution in [0.4, 0.5) is 0 Å². The van der Waals surface area contributed by atoms with Gasteiger partial charge in [0.1, 0.15) is 13.2 Å². The summed E-state index contributed by atoms with van der Waals surface area (Å²) in [5.41, 5.74) is 0. The van der Waals surface area contributed by atoms with Gasteiger partial charge >= 0.3 is 17.9 Å². The number of esters is 3. The lowest BCUT2D eigenvalue weighted by atomic mass is 10.1. The highest BCUT2D eigenvalue weighted by Crippen LogP contribution is 2.12. The molecule has 1 unspecified atom stereocenters. The van der Waals surface area contributed by atoms with Gasteiger partial charge in [-0.15, -0.1) is 0 Å². The van der Waals surface area contributed by atoms with Crippen LogP contribution in [0.2, 0.25) is 0 Å². The van der Waals surface area contributed by atoms with Gasteiger partial charge in [0.25, 0.3) is 0 Å². The first-order valence-electron chi connectivity index (χ1n) is 20.9. The fourth-order valence-electron chi connectivity index (χ4n) is 5.31. The molecule has 0 bridgehead atoms. The molecule has 0 amide bonds. The van der Waals surface area contributed by atoms with Crippen molar-refractivity contribution in [2.45, 2.75) is 187 Å². The second-order valence-electron chi connectivity index (χ2n) is 13.5. The first-order valence-corrected chi connectivity index (χ1v) is 20.9. The van der Waals surface area contributed by atoms with Crippen molar-refractivity contribution >= 4 is 17.9 Å². The molecule has 0 rings (SSSR count). The van der Waals surface area contributed by atoms with Crippen molar-refractivity contribution < 1.29 is 28.6 Å². The minimum absolute atomic E-state index is 0.104. The van der Waals surface area contributed by atoms with Gasteiger partial charge < -0.3 is 14.2 Å². The lowest BCUT2D eigenvalue weighted by Crippen LogP contribution is -2.30. The number of carbonyl (C=O) groups is 3. The molecule has 0 saturated carbocycles. The second-order valence-corrected chi connectivity index (χ2v) is 13.5. The fourth-order valence-corrected chi connectivity index (χ4v) is 5.31. The normalized spacial score (nSPS) is 12.8. The summed E-state index contributed by atoms with van der Waals surface area (Å²) in [5, 5.41) is 0. The fraction of sp³-hybridized carbons (Fsp3) is 0.674. The van der Waals surface area contributed by atoms with Crippen molar-refractivity contribution in [2.24, 2.45) is 0 Å². The molecule has 0 aliphatic heterocycles. The molecular weight excluding hydrogens is 648 g/mol. The molecule has 0 aliphatic rings. The SMILES string of the molecule is CC/C=C\C/C=C\C/C=C\C/C=C\CCC(=O)OCC(COC(=O)CCCCCCCCCC)OC(=O)CCCCCCC/C=C\C/C=C\CCC. The van der Waals surface area contributed by atoms with Crippen LogP contribution >= 0.6 is 0 Å². The molecular formula is C46H76O6. The average Bonchev–Trinajstić information content (AvgIpc) is 3.14. The molecule has 296 valence electrons. The van der Waals surface area contributed by atoms with Gasteiger partial charge in [0.15, 0.2) is 6.10 Å². The van der Waals surface area contributed by atoms with Crippen LogP contribution in [0, 0.1) is 0 Å². The maximum atomic E-state index is 12.7. The van der Waals surface area contributed by atoms with E-state index in [0.29, 0.717) is 19.3 Å². The van der Waals surface area contributed by atoms with Crippen LogP contribution in [-0.2, 0) is 28.6 Å². The highest BCUT2D eigenvalue weighted by molar-refractivity contribution is 5.71. The quantitative estimate of drug-likeness (QED) is 0.0277. The summed E-state index contributed by atoms with van der Waals surface area (Å²) in [6.07, 6.45) is 49.0. The molecule has 0 fully saturated rings. The molecule has 0 aromatic carbocycles. The summed E-state index contributed by atoms with van der Waals surface area (Å²) in [5.74, 6) is -1.02. The van der Waals surface area contributed by atoms with E-state index >= 15 is 0 Å². The lowest BCUT2D eigenvalue weighted by molar-refractivity contribution is -0.166. The van der Waals surface area contributed by atoms with E-state index in [2.05, 4.69) is 81.5 Å². The number of carbonyl (C=O) groups excluding carboxylic acids is 3. The van der Waals surface area contributed by atoms with Gasteiger partial charge in [-0.2, -0.15) is 0 Å². The Labute approximate surface area is 319 Å². The predicted octanol–water partition coefficient (Wildman–Crippen LogP) is 13.1. The van der Waals surface area contributed by atoms with Crippen LogP contribution in [0.25, 0.3) is 0 Å². The molecule has 0 spiro atoms. The molecule has 6 heteroatoms. The maximum Gasteiger partial charge on any atom is 0.306 e. The molecule has 0 heterocycles. The van der Waals surface area contributed by atoms with Crippen LogP contribution in [0.1, 0.15) is 181 Å². The van der Waals surface area contributed by atoms with Gasteiger partial charge in [0.2, 0.25) is 0 Å². The smallest absolute Gasteiger partial charge is 0.306 e. The van der Waals surface area contributed by atoms with Crippen LogP contribution in [0.5, 0.6) is 0 Å². The van der Waals surface area contributed by atoms with Gasteiger partial charge in [0, 0.05) is 19.3 Å². The van der Waals surface area contributed by atoms with Crippen molar-refractivity contribution in [1.29, 1.82) is 0 Å². The zero-order valence-electron chi connectivity index (χ0n) is 33.5. The van der Waals surface area contributed by atoms with Crippen molar-refractivity contribution in [1.82, 2.24) is 0 Å². The standard InChI is InChI=1S/C46H76O6/c1-4-7-10-13-16-19-21-23-25-27-30-33-36-39-45(48)51-42-43(41-50-44(47)38-35-32-29-18-15-12-9-6-3)52-46(49)40-37-34-31-28-26-24-22-20-17-14-11-8-5-2/h7,10-11,14,16,19-20,22-23,25,30,33,43H,4-6,8-9,12-13,15,17-18,21,24,26-29,31-32,34-42H2,1-3H3/b10-7-,14-11-,19-16-,22-20-,25-23-,33-30-. The highest BCUT2D eigenvalue weighted by atomic mass is 16.6. The Hall–Kier alpha value is -3.15. The topological polar surface area (TPSA) is 78.9 Å². The first-order chi connectivity index (χ1) is 25.5. The summed E-state index contributed by atoms with van der Waals surface area (Å²) in [6.45, 7) is 6.31. The first kappa shape index (κ1) is 48.9. The molecule has 0 N–H and O–H groups in total. The Morgan fingerprint density at radius 1 is 0.404 bits per heavy atom. The van der Waals surface area contributed by atoms with Crippen LogP contribution in [0.15, 0.2) is 72.9 Å². The van der Waals surface area contributed by atoms with Gasteiger partial charge in [-0.1, -0.05) is 164 Å². The number of rotatable bonds is 36. The monoisotopic (exact) mass is 725 g/mol. The molecule has 0 aliphatic carbocycles. The molecule has 0 radical (unpaired) electrons. The third-order valence-electron chi connectivity index (χ3n) is 8.44. The van der Waals surface area contributed by atoms with E-state index in [1.165, 1.54) is 38.5 Å². The van der Waals surface area contributed by atoms with Crippen molar-refractivity contribution in [3.8, 4) is 0 Å². The number of hydrogen-bond acceptors (Lipinski definition) is 6. The number of unbranched alkanes of at least 4 members (excludes halogenated alkanes) is 13. The summed E-state index contributed by atoms with van der Waals surface area (Å²) in [7, 11) is 0. The van der Waals surface area contributed by atoms with Gasteiger partial charge in [0.05, 0.1) is 0 Å². The van der Waals surface area contributed by atoms with Crippen LogP contribution < -0.4 is 0 Å². The minimum atomic E-state index is -0.806. The van der Waals surface area contributed by atoms with E-state index in [1.807, 2.05) is 12.2 Å². The number of allylic oxidation sites excluding steroid dienone is 12. The Morgan fingerprint density at radius 2 is 0.827 bits per heavy atom. The summed E-state index contributed by atoms with van der Waals surface area (Å²) >= 11 is 0.